The van der Waals surface area contributed by atoms with Gasteiger partial charge in [-0.05, 0) is 114 Å². The van der Waals surface area contributed by atoms with E-state index in [1.54, 1.807) is 0 Å². The second-order valence-electron chi connectivity index (χ2n) is 13.8. The van der Waals surface area contributed by atoms with E-state index >= 15 is 0 Å². The van der Waals surface area contributed by atoms with Crippen molar-refractivity contribution >= 4 is 49.4 Å². The van der Waals surface area contributed by atoms with Crippen LogP contribution >= 0.6 is 0 Å². The molecule has 0 radical (unpaired) electrons. The highest BCUT2D eigenvalue weighted by molar-refractivity contribution is 6.13. The molecule has 0 aromatic heterocycles. The fourth-order valence-electron chi connectivity index (χ4n) is 7.88. The molecule has 0 aliphatic heterocycles. The number of rotatable bonds is 7. The first-order valence-electron chi connectivity index (χ1n) is 20.6. The van der Waals surface area contributed by atoms with Gasteiger partial charge < -0.3 is 4.90 Å². The van der Waals surface area contributed by atoms with Crippen LogP contribution in [-0.4, -0.2) is 0 Å². The molecule has 258 valence electrons. The number of anilines is 3. The van der Waals surface area contributed by atoms with Crippen molar-refractivity contribution in [1.29, 1.82) is 0 Å². The van der Waals surface area contributed by atoms with Gasteiger partial charge in [-0.25, -0.2) is 0 Å². The molecule has 0 saturated carbocycles. The maximum atomic E-state index is 9.71. The number of fused-ring (bicyclic) bond motifs is 4. The van der Waals surface area contributed by atoms with E-state index in [-0.39, 0.29) is 35.4 Å². The molecule has 10 rings (SSSR count). The first-order chi connectivity index (χ1) is 29.0. The predicted octanol–water partition coefficient (Wildman–Crippen LogP) is 15.3. The average Bonchev–Trinajstić information content (AvgIpc) is 3.30. The smallest absolute Gasteiger partial charge is 0.0645 e. The lowest BCUT2D eigenvalue weighted by molar-refractivity contribution is 1.28. The zero-order valence-electron chi connectivity index (χ0n) is 34.0. The molecule has 0 aliphatic rings. The van der Waals surface area contributed by atoms with Crippen molar-refractivity contribution in [2.75, 3.05) is 4.90 Å². The van der Waals surface area contributed by atoms with E-state index < -0.39 is 0 Å². The Morgan fingerprint density at radius 3 is 1.69 bits per heavy atom. The molecule has 0 fully saturated rings. The van der Waals surface area contributed by atoms with Crippen LogP contribution in [0.15, 0.2) is 224 Å². The summed E-state index contributed by atoms with van der Waals surface area (Å²) in [7, 11) is 0. The third-order valence-electron chi connectivity index (χ3n) is 10.5. The summed E-state index contributed by atoms with van der Waals surface area (Å²) in [6.07, 6.45) is 0. The van der Waals surface area contributed by atoms with Crippen LogP contribution in [0.3, 0.4) is 0 Å². The van der Waals surface area contributed by atoms with Gasteiger partial charge in [-0.1, -0.05) is 182 Å². The monoisotopic (exact) mass is 703 g/mol. The Labute approximate surface area is 327 Å². The number of benzene rings is 10. The Bertz CT molecular complexity index is 3180. The van der Waals surface area contributed by atoms with Gasteiger partial charge in [-0.15, -0.1) is 0 Å². The minimum atomic E-state index is -0.118. The molecular formula is C54H37N. The maximum Gasteiger partial charge on any atom is 0.0645 e. The van der Waals surface area contributed by atoms with E-state index in [4.69, 9.17) is 0 Å². The van der Waals surface area contributed by atoms with Gasteiger partial charge >= 0.3 is 0 Å². The van der Waals surface area contributed by atoms with Crippen molar-refractivity contribution in [2.24, 2.45) is 0 Å². The lowest BCUT2D eigenvalue weighted by Crippen LogP contribution is -2.11. The minimum absolute atomic E-state index is 0.0921. The van der Waals surface area contributed by atoms with Crippen molar-refractivity contribution in [3.63, 3.8) is 0 Å². The minimum Gasteiger partial charge on any atom is -0.310 e. The predicted molar refractivity (Wildman–Crippen MR) is 235 cm³/mol. The molecule has 0 spiro atoms. The lowest BCUT2D eigenvalue weighted by Gasteiger charge is -2.28. The van der Waals surface area contributed by atoms with E-state index in [9.17, 15) is 5.48 Å². The summed E-state index contributed by atoms with van der Waals surface area (Å²) in [5.41, 5.74) is 8.87. The first-order valence-corrected chi connectivity index (χ1v) is 18.6. The third-order valence-corrected chi connectivity index (χ3v) is 10.5. The van der Waals surface area contributed by atoms with E-state index in [2.05, 4.69) is 91.0 Å². The Morgan fingerprint density at radius 1 is 0.291 bits per heavy atom. The Hall–Kier alpha value is -7.22. The van der Waals surface area contributed by atoms with Gasteiger partial charge in [0, 0.05) is 16.9 Å². The quantitative estimate of drug-likeness (QED) is 0.149. The van der Waals surface area contributed by atoms with Gasteiger partial charge in [0.25, 0.3) is 0 Å². The lowest BCUT2D eigenvalue weighted by atomic mass is 9.93. The van der Waals surface area contributed by atoms with Gasteiger partial charge in [-0.2, -0.15) is 0 Å². The Kier molecular flexibility index (Phi) is 7.19. The summed E-state index contributed by atoms with van der Waals surface area (Å²) in [5, 5.41) is 6.33. The van der Waals surface area contributed by atoms with Crippen LogP contribution in [0.2, 0.25) is 0 Å². The summed E-state index contributed by atoms with van der Waals surface area (Å²) >= 11 is 0. The zero-order chi connectivity index (χ0) is 40.0. The highest BCUT2D eigenvalue weighted by atomic mass is 15.1. The van der Waals surface area contributed by atoms with Crippen molar-refractivity contribution in [1.82, 2.24) is 0 Å². The standard InChI is InChI=1S/C54H37N/c1-2-14-40(15-3-1)50-23-10-11-27-54(50)55(46-34-30-41(31-35-46)53-37-44-17-5-7-22-49(44)51-24-8-9-25-52(51)53)45-32-28-38(29-33-45)42-19-12-20-43(36-42)48-26-13-18-39-16-4-6-21-47(39)48/h1-37H/i30D,31D,34D,35D. The summed E-state index contributed by atoms with van der Waals surface area (Å²) in [5.74, 6) is 0. The average molecular weight is 704 g/mol. The van der Waals surface area contributed by atoms with Crippen LogP contribution in [0.1, 0.15) is 5.48 Å². The second-order valence-corrected chi connectivity index (χ2v) is 13.8. The van der Waals surface area contributed by atoms with Gasteiger partial charge in [0.1, 0.15) is 0 Å². The molecule has 0 atom stereocenters. The second kappa shape index (κ2) is 14.0. The molecule has 10 aromatic carbocycles. The SMILES string of the molecule is [2H]c1c([2H])c(N(c2ccc(-c3cccc(-c4cccc5ccccc45)c3)cc2)c2ccccc2-c2ccccc2)c([2H])c([2H])c1-c1cc2ccccc2c2ccccc12. The highest BCUT2D eigenvalue weighted by Gasteiger charge is 2.18. The number of hydrogen-bond donors (Lipinski definition) is 0. The summed E-state index contributed by atoms with van der Waals surface area (Å²) in [6, 6.07) is 67.3. The molecule has 1 heteroatoms. The van der Waals surface area contributed by atoms with Crippen LogP contribution in [0.5, 0.6) is 0 Å². The van der Waals surface area contributed by atoms with Gasteiger partial charge in [0.15, 0.2) is 0 Å². The van der Waals surface area contributed by atoms with E-state index in [0.717, 1.165) is 55.0 Å². The van der Waals surface area contributed by atoms with Crippen molar-refractivity contribution in [3.8, 4) is 44.5 Å². The van der Waals surface area contributed by atoms with Crippen molar-refractivity contribution in [2.45, 2.75) is 0 Å². The van der Waals surface area contributed by atoms with Crippen LogP contribution < -0.4 is 4.90 Å². The summed E-state index contributed by atoms with van der Waals surface area (Å²) in [6.45, 7) is 0. The zero-order valence-corrected chi connectivity index (χ0v) is 30.0. The molecule has 0 saturated heterocycles. The van der Waals surface area contributed by atoms with Crippen LogP contribution in [-0.2, 0) is 0 Å². The van der Waals surface area contributed by atoms with Gasteiger partial charge in [0.05, 0.1) is 11.2 Å². The molecule has 0 N–H and O–H groups in total. The highest BCUT2D eigenvalue weighted by Crippen LogP contribution is 2.43. The maximum absolute atomic E-state index is 9.71. The summed E-state index contributed by atoms with van der Waals surface area (Å²) in [4.78, 5) is 1.89. The number of nitrogens with zero attached hydrogens (tertiary/aromatic N) is 1. The van der Waals surface area contributed by atoms with Crippen LogP contribution in [0.4, 0.5) is 17.1 Å². The normalized spacial score (nSPS) is 12.3. The van der Waals surface area contributed by atoms with E-state index in [0.29, 0.717) is 11.3 Å². The van der Waals surface area contributed by atoms with E-state index in [1.165, 1.54) is 16.3 Å². The van der Waals surface area contributed by atoms with Crippen molar-refractivity contribution < 1.29 is 5.48 Å². The molecule has 1 nitrogen and oxygen atoms in total. The molecule has 0 unspecified atom stereocenters. The first kappa shape index (κ1) is 28.3. The largest absolute Gasteiger partial charge is 0.310 e. The number of para-hydroxylation sites is 1. The van der Waals surface area contributed by atoms with Crippen LogP contribution in [0, 0.1) is 0 Å². The summed E-state index contributed by atoms with van der Waals surface area (Å²) < 4.78 is 38.6. The Balaban J connectivity index is 1.15. The topological polar surface area (TPSA) is 3.24 Å². The molecule has 10 aromatic rings. The fourth-order valence-corrected chi connectivity index (χ4v) is 7.88. The molecular weight excluding hydrogens is 663 g/mol. The molecule has 55 heavy (non-hydrogen) atoms. The van der Waals surface area contributed by atoms with Crippen molar-refractivity contribution in [3.05, 3.63) is 224 Å². The molecule has 0 bridgehead atoms. The van der Waals surface area contributed by atoms with Gasteiger partial charge in [0.2, 0.25) is 0 Å². The van der Waals surface area contributed by atoms with Crippen LogP contribution in [0.25, 0.3) is 76.8 Å². The fraction of sp³-hybridized carbons (Fsp3) is 0. The third kappa shape index (κ3) is 6.02. The molecule has 0 amide bonds. The molecule has 0 aliphatic carbocycles. The Morgan fingerprint density at radius 2 is 0.873 bits per heavy atom. The molecule has 0 heterocycles. The van der Waals surface area contributed by atoms with E-state index in [1.807, 2.05) is 114 Å². The number of hydrogen-bond acceptors (Lipinski definition) is 1. The van der Waals surface area contributed by atoms with Gasteiger partial charge in [-0.3, -0.25) is 0 Å².